The van der Waals surface area contributed by atoms with E-state index >= 15 is 0 Å². The predicted octanol–water partition coefficient (Wildman–Crippen LogP) is 2.72. The lowest BCUT2D eigenvalue weighted by atomic mass is 9.91. The number of carbonyl (C=O) groups is 1. The molecule has 2 aliphatic rings. The maximum atomic E-state index is 13.7. The first kappa shape index (κ1) is 23.2. The van der Waals surface area contributed by atoms with Gasteiger partial charge in [-0.2, -0.15) is 4.31 Å². The molecule has 33 heavy (non-hydrogen) atoms. The molecular formula is C23H27NO8S. The highest BCUT2D eigenvalue weighted by molar-refractivity contribution is 7.89. The minimum atomic E-state index is -3.97. The van der Waals surface area contributed by atoms with Gasteiger partial charge in [-0.15, -0.1) is 0 Å². The fourth-order valence-electron chi connectivity index (χ4n) is 4.19. The zero-order valence-corrected chi connectivity index (χ0v) is 19.6. The number of methoxy groups -OCH3 is 3. The average Bonchev–Trinajstić information content (AvgIpc) is 3.08. The number of hydrogen-bond donors (Lipinski definition) is 0. The molecule has 2 aromatic rings. The molecule has 1 atom stereocenters. The van der Waals surface area contributed by atoms with E-state index in [1.54, 1.807) is 19.2 Å². The molecule has 0 amide bonds. The Hall–Kier alpha value is -2.98. The van der Waals surface area contributed by atoms with Gasteiger partial charge < -0.3 is 23.7 Å². The van der Waals surface area contributed by atoms with E-state index in [1.165, 1.54) is 30.7 Å². The van der Waals surface area contributed by atoms with Crippen LogP contribution in [-0.2, 0) is 26.0 Å². The van der Waals surface area contributed by atoms with Crippen molar-refractivity contribution in [1.82, 2.24) is 4.31 Å². The van der Waals surface area contributed by atoms with Crippen molar-refractivity contribution in [2.24, 2.45) is 0 Å². The number of carbonyl (C=O) groups excluding carboxylic acids is 1. The molecule has 0 aromatic heterocycles. The van der Waals surface area contributed by atoms with E-state index in [0.29, 0.717) is 54.6 Å². The second-order valence-corrected chi connectivity index (χ2v) is 9.62. The molecule has 0 fully saturated rings. The van der Waals surface area contributed by atoms with Crippen LogP contribution < -0.4 is 18.9 Å². The Morgan fingerprint density at radius 1 is 1.03 bits per heavy atom. The number of rotatable bonds is 6. The zero-order valence-electron chi connectivity index (χ0n) is 18.8. The summed E-state index contributed by atoms with van der Waals surface area (Å²) >= 11 is 0. The highest BCUT2D eigenvalue weighted by atomic mass is 32.2. The van der Waals surface area contributed by atoms with Gasteiger partial charge in [0.25, 0.3) is 0 Å². The highest BCUT2D eigenvalue weighted by Crippen LogP contribution is 2.42. The molecule has 0 saturated heterocycles. The van der Waals surface area contributed by atoms with Crippen molar-refractivity contribution >= 4 is 16.0 Å². The number of ether oxygens (including phenoxy) is 5. The molecule has 0 aliphatic carbocycles. The van der Waals surface area contributed by atoms with Crippen LogP contribution in [0.15, 0.2) is 35.2 Å². The fraction of sp³-hybridized carbons (Fsp3) is 0.435. The molecule has 9 nitrogen and oxygen atoms in total. The van der Waals surface area contributed by atoms with Crippen LogP contribution in [0.1, 0.15) is 30.0 Å². The van der Waals surface area contributed by atoms with Crippen LogP contribution in [-0.4, -0.2) is 59.8 Å². The van der Waals surface area contributed by atoms with Gasteiger partial charge in [0.1, 0.15) is 0 Å². The molecule has 0 radical (unpaired) electrons. The Bertz CT molecular complexity index is 1150. The number of hydrogen-bond acceptors (Lipinski definition) is 8. The zero-order chi connectivity index (χ0) is 23.6. The lowest BCUT2D eigenvalue weighted by Gasteiger charge is -2.36. The minimum absolute atomic E-state index is 0.0746. The first-order valence-corrected chi connectivity index (χ1v) is 12.1. The summed E-state index contributed by atoms with van der Waals surface area (Å²) in [6, 6.07) is 7.39. The molecule has 4 rings (SSSR count). The van der Waals surface area contributed by atoms with Crippen LogP contribution in [0.25, 0.3) is 0 Å². The smallest absolute Gasteiger partial charge is 0.307 e. The van der Waals surface area contributed by atoms with Crippen LogP contribution in [0.2, 0.25) is 0 Å². The quantitative estimate of drug-likeness (QED) is 0.586. The summed E-state index contributed by atoms with van der Waals surface area (Å²) in [6.07, 6.45) is 1.03. The van der Waals surface area contributed by atoms with Crippen molar-refractivity contribution < 1.29 is 36.9 Å². The third-order valence-electron chi connectivity index (χ3n) is 5.87. The van der Waals surface area contributed by atoms with E-state index in [2.05, 4.69) is 0 Å². The van der Waals surface area contributed by atoms with Crippen LogP contribution in [0.5, 0.6) is 23.0 Å². The Kier molecular flexibility index (Phi) is 6.66. The molecule has 10 heteroatoms. The predicted molar refractivity (Wildman–Crippen MR) is 119 cm³/mol. The summed E-state index contributed by atoms with van der Waals surface area (Å²) in [4.78, 5) is 12.3. The normalized spacial score (nSPS) is 18.1. The minimum Gasteiger partial charge on any atom is -0.493 e. The molecular weight excluding hydrogens is 450 g/mol. The first-order chi connectivity index (χ1) is 15.9. The van der Waals surface area contributed by atoms with Gasteiger partial charge in [0, 0.05) is 19.0 Å². The van der Waals surface area contributed by atoms with Gasteiger partial charge in [-0.25, -0.2) is 8.42 Å². The van der Waals surface area contributed by atoms with Crippen molar-refractivity contribution in [2.75, 3.05) is 41.1 Å². The van der Waals surface area contributed by atoms with Crippen molar-refractivity contribution in [3.63, 3.8) is 0 Å². The molecule has 1 unspecified atom stereocenters. The van der Waals surface area contributed by atoms with Gasteiger partial charge in [-0.05, 0) is 41.8 Å². The van der Waals surface area contributed by atoms with Crippen molar-refractivity contribution in [3.8, 4) is 23.0 Å². The van der Waals surface area contributed by atoms with Crippen LogP contribution in [0.4, 0.5) is 0 Å². The molecule has 0 spiro atoms. The molecule has 0 saturated carbocycles. The van der Waals surface area contributed by atoms with Gasteiger partial charge in [-0.1, -0.05) is 0 Å². The molecule has 2 aromatic carbocycles. The average molecular weight is 478 g/mol. The molecule has 2 aliphatic heterocycles. The molecule has 2 heterocycles. The van der Waals surface area contributed by atoms with E-state index in [-0.39, 0.29) is 17.9 Å². The lowest BCUT2D eigenvalue weighted by Crippen LogP contribution is -2.41. The van der Waals surface area contributed by atoms with E-state index in [9.17, 15) is 13.2 Å². The Labute approximate surface area is 193 Å². The van der Waals surface area contributed by atoms with Crippen LogP contribution >= 0.6 is 0 Å². The number of sulfonamides is 1. The maximum absolute atomic E-state index is 13.7. The van der Waals surface area contributed by atoms with Crippen molar-refractivity contribution in [2.45, 2.75) is 30.2 Å². The Morgan fingerprint density at radius 2 is 1.73 bits per heavy atom. The maximum Gasteiger partial charge on any atom is 0.307 e. The summed E-state index contributed by atoms with van der Waals surface area (Å²) < 4.78 is 55.8. The molecule has 0 bridgehead atoms. The third-order valence-corrected chi connectivity index (χ3v) is 7.77. The lowest BCUT2D eigenvalue weighted by molar-refractivity contribution is -0.141. The number of benzene rings is 2. The van der Waals surface area contributed by atoms with E-state index in [4.69, 9.17) is 23.7 Å². The van der Waals surface area contributed by atoms with Gasteiger partial charge in [0.15, 0.2) is 23.0 Å². The Morgan fingerprint density at radius 3 is 2.42 bits per heavy atom. The van der Waals surface area contributed by atoms with Crippen molar-refractivity contribution in [3.05, 3.63) is 41.5 Å². The third kappa shape index (κ3) is 4.45. The van der Waals surface area contributed by atoms with Crippen LogP contribution in [0, 0.1) is 0 Å². The standard InChI is InChI=1S/C23H27NO8S/c1-28-20-11-15-7-8-24(18(14-23(25)30-3)17(15)13-21(20)29-2)33(26,27)16-5-6-19-22(12-16)32-10-4-9-31-19/h5-6,11-13,18H,4,7-10,14H2,1-3H3. The topological polar surface area (TPSA) is 101 Å². The second-order valence-electron chi connectivity index (χ2n) is 7.73. The fourth-order valence-corrected chi connectivity index (χ4v) is 5.81. The molecule has 0 N–H and O–H groups in total. The largest absolute Gasteiger partial charge is 0.493 e. The first-order valence-electron chi connectivity index (χ1n) is 10.6. The summed E-state index contributed by atoms with van der Waals surface area (Å²) in [5.41, 5.74) is 1.58. The second kappa shape index (κ2) is 9.48. The summed E-state index contributed by atoms with van der Waals surface area (Å²) in [5, 5.41) is 0. The van der Waals surface area contributed by atoms with E-state index in [1.807, 2.05) is 6.07 Å². The molecule has 178 valence electrons. The van der Waals surface area contributed by atoms with Gasteiger partial charge in [-0.3, -0.25) is 4.79 Å². The number of esters is 1. The number of nitrogens with zero attached hydrogens (tertiary/aromatic N) is 1. The van der Waals surface area contributed by atoms with Gasteiger partial charge in [0.05, 0.1) is 51.9 Å². The SMILES string of the molecule is COC(=O)CC1c2cc(OC)c(OC)cc2CCN1S(=O)(=O)c1ccc2c(c1)OCCCO2. The van der Waals surface area contributed by atoms with Crippen LogP contribution in [0.3, 0.4) is 0 Å². The summed E-state index contributed by atoms with van der Waals surface area (Å²) in [7, 11) is 0.361. The monoisotopic (exact) mass is 477 g/mol. The summed E-state index contributed by atoms with van der Waals surface area (Å²) in [5.74, 6) is 1.40. The summed E-state index contributed by atoms with van der Waals surface area (Å²) in [6.45, 7) is 1.15. The number of fused-ring (bicyclic) bond motifs is 2. The van der Waals surface area contributed by atoms with E-state index in [0.717, 1.165) is 5.56 Å². The van der Waals surface area contributed by atoms with Crippen molar-refractivity contribution in [1.29, 1.82) is 0 Å². The Balaban J connectivity index is 1.77. The van der Waals surface area contributed by atoms with E-state index < -0.39 is 22.0 Å². The van der Waals surface area contributed by atoms with Gasteiger partial charge >= 0.3 is 5.97 Å². The van der Waals surface area contributed by atoms with Gasteiger partial charge in [0.2, 0.25) is 10.0 Å². The highest BCUT2D eigenvalue weighted by Gasteiger charge is 2.39.